The molecule has 3 aromatic rings. The third-order valence-electron chi connectivity index (χ3n) is 4.61. The van der Waals surface area contributed by atoms with E-state index in [4.69, 9.17) is 9.47 Å². The molecule has 0 saturated heterocycles. The molecule has 1 amide bonds. The number of carbonyl (C=O) groups excluding carboxylic acids is 1. The topological polar surface area (TPSA) is 150 Å². The summed E-state index contributed by atoms with van der Waals surface area (Å²) in [6, 6.07) is 14.9. The Morgan fingerprint density at radius 1 is 0.970 bits per heavy atom. The van der Waals surface area contributed by atoms with Crippen molar-refractivity contribution in [2.45, 2.75) is 13.2 Å². The van der Waals surface area contributed by atoms with Crippen LogP contribution in [-0.2, 0) is 9.53 Å². The van der Waals surface area contributed by atoms with Crippen LogP contribution >= 0.6 is 0 Å². The number of rotatable bonds is 6. The molecule has 166 valence electrons. The number of hydrogen-bond acceptors (Lipinski definition) is 9. The third-order valence-corrected chi connectivity index (χ3v) is 4.61. The molecule has 0 aliphatic carbocycles. The Hall–Kier alpha value is -4.87. The summed E-state index contributed by atoms with van der Waals surface area (Å²) in [7, 11) is 0. The molecule has 0 unspecified atom stereocenters. The van der Waals surface area contributed by atoms with Crippen LogP contribution in [0.4, 0.5) is 11.4 Å². The third kappa shape index (κ3) is 4.58. The lowest BCUT2D eigenvalue weighted by Gasteiger charge is -2.19. The summed E-state index contributed by atoms with van der Waals surface area (Å²) in [6.45, 7) is 1.34. The number of hydrazone groups is 1. The molecule has 2 aromatic carbocycles. The number of nitro benzene ring substituents is 1. The Kier molecular flexibility index (Phi) is 5.64. The summed E-state index contributed by atoms with van der Waals surface area (Å²) in [5, 5.41) is 26.9. The zero-order valence-electron chi connectivity index (χ0n) is 17.0. The molecule has 0 N–H and O–H groups in total. The molecule has 1 aromatic heterocycles. The van der Waals surface area contributed by atoms with Crippen LogP contribution < -0.4 is 4.74 Å². The van der Waals surface area contributed by atoms with Gasteiger partial charge >= 0.3 is 0 Å². The number of carbonyl (C=O) groups is 1. The molecule has 1 atom stereocenters. The van der Waals surface area contributed by atoms with E-state index in [1.165, 1.54) is 48.3 Å². The van der Waals surface area contributed by atoms with Crippen LogP contribution in [0, 0.1) is 20.2 Å². The zero-order chi connectivity index (χ0) is 23.5. The largest absolute Gasteiger partial charge is 0.446 e. The quantitative estimate of drug-likeness (QED) is 0.406. The van der Waals surface area contributed by atoms with Crippen LogP contribution in [0.5, 0.6) is 11.6 Å². The molecule has 2 heterocycles. The minimum atomic E-state index is -0.834. The average molecular weight is 449 g/mol. The van der Waals surface area contributed by atoms with Crippen molar-refractivity contribution >= 4 is 23.2 Å². The van der Waals surface area contributed by atoms with Crippen molar-refractivity contribution in [3.63, 3.8) is 0 Å². The average Bonchev–Trinajstić information content (AvgIpc) is 3.26. The van der Waals surface area contributed by atoms with Crippen LogP contribution in [0.15, 0.2) is 72.0 Å². The summed E-state index contributed by atoms with van der Waals surface area (Å²) in [4.78, 5) is 36.5. The van der Waals surface area contributed by atoms with E-state index in [2.05, 4.69) is 10.1 Å². The Morgan fingerprint density at radius 3 is 2.15 bits per heavy atom. The summed E-state index contributed by atoms with van der Waals surface area (Å²) in [5.41, 5.74) is 0.869. The molecule has 1 aliphatic heterocycles. The first-order valence-electron chi connectivity index (χ1n) is 9.50. The summed E-state index contributed by atoms with van der Waals surface area (Å²) < 4.78 is 11.5. The second-order valence-corrected chi connectivity index (χ2v) is 6.83. The van der Waals surface area contributed by atoms with E-state index in [-0.39, 0.29) is 29.1 Å². The van der Waals surface area contributed by atoms with Gasteiger partial charge in [0.2, 0.25) is 23.9 Å². The maximum atomic E-state index is 12.1. The Bertz CT molecular complexity index is 1240. The van der Waals surface area contributed by atoms with Crippen molar-refractivity contribution in [2.24, 2.45) is 5.10 Å². The highest BCUT2D eigenvalue weighted by Gasteiger charge is 2.33. The van der Waals surface area contributed by atoms with Crippen molar-refractivity contribution in [1.29, 1.82) is 0 Å². The molecule has 12 nitrogen and oxygen atoms in total. The molecule has 0 spiro atoms. The fourth-order valence-corrected chi connectivity index (χ4v) is 2.99. The normalized spacial score (nSPS) is 14.9. The molecular weight excluding hydrogens is 434 g/mol. The first kappa shape index (κ1) is 21.4. The predicted molar refractivity (Wildman–Crippen MR) is 113 cm³/mol. The SMILES string of the molecule is CC(=O)N1N=C(c2ccc([N+](=O)[O-])cc2)O[C@@H]1c1ccc(Oc2ccc([N+](=O)[O-])cn2)cc1. The van der Waals surface area contributed by atoms with Crippen molar-refractivity contribution in [3.8, 4) is 11.6 Å². The Morgan fingerprint density at radius 2 is 1.61 bits per heavy atom. The second-order valence-electron chi connectivity index (χ2n) is 6.83. The maximum Gasteiger partial charge on any atom is 0.287 e. The molecule has 4 rings (SSSR count). The second kappa shape index (κ2) is 8.70. The number of nitro groups is 2. The maximum absolute atomic E-state index is 12.1. The van der Waals surface area contributed by atoms with Crippen molar-refractivity contribution < 1.29 is 24.1 Å². The van der Waals surface area contributed by atoms with Crippen molar-refractivity contribution in [2.75, 3.05) is 0 Å². The zero-order valence-corrected chi connectivity index (χ0v) is 17.0. The molecule has 1 aliphatic rings. The molecule has 12 heteroatoms. The van der Waals surface area contributed by atoms with E-state index >= 15 is 0 Å². The lowest BCUT2D eigenvalue weighted by atomic mass is 10.2. The number of non-ortho nitro benzene ring substituents is 1. The number of aromatic nitrogens is 1. The lowest BCUT2D eigenvalue weighted by molar-refractivity contribution is -0.385. The van der Waals surface area contributed by atoms with E-state index < -0.39 is 16.1 Å². The lowest BCUT2D eigenvalue weighted by Crippen LogP contribution is -2.25. The number of ether oxygens (including phenoxy) is 2. The number of amides is 1. The van der Waals surface area contributed by atoms with E-state index in [0.717, 1.165) is 6.20 Å². The van der Waals surface area contributed by atoms with E-state index in [0.29, 0.717) is 16.9 Å². The fourth-order valence-electron chi connectivity index (χ4n) is 2.99. The molecule has 0 saturated carbocycles. The van der Waals surface area contributed by atoms with Gasteiger partial charge in [-0.3, -0.25) is 25.0 Å². The van der Waals surface area contributed by atoms with Gasteiger partial charge in [-0.15, -0.1) is 5.10 Å². The number of benzene rings is 2. The number of pyridine rings is 1. The van der Waals surface area contributed by atoms with Crippen LogP contribution in [0.3, 0.4) is 0 Å². The molecule has 0 fully saturated rings. The number of hydrogen-bond donors (Lipinski definition) is 0. The fraction of sp³-hybridized carbons (Fsp3) is 0.0952. The van der Waals surface area contributed by atoms with Crippen LogP contribution in [0.2, 0.25) is 0 Å². The molecule has 0 radical (unpaired) electrons. The van der Waals surface area contributed by atoms with Crippen molar-refractivity contribution in [3.05, 3.63) is 98.2 Å². The molecular formula is C21H15N5O7. The van der Waals surface area contributed by atoms with Gasteiger partial charge < -0.3 is 9.47 Å². The van der Waals surface area contributed by atoms with Gasteiger partial charge in [0.25, 0.3) is 11.4 Å². The van der Waals surface area contributed by atoms with Gasteiger partial charge in [-0.1, -0.05) is 0 Å². The van der Waals surface area contributed by atoms with E-state index in [1.807, 2.05) is 0 Å². The van der Waals surface area contributed by atoms with E-state index in [1.54, 1.807) is 24.3 Å². The highest BCUT2D eigenvalue weighted by atomic mass is 16.6. The summed E-state index contributed by atoms with van der Waals surface area (Å²) in [6.07, 6.45) is 0.261. The summed E-state index contributed by atoms with van der Waals surface area (Å²) in [5.74, 6) is 0.399. The van der Waals surface area contributed by atoms with Gasteiger partial charge in [0.1, 0.15) is 11.9 Å². The first-order chi connectivity index (χ1) is 15.8. The predicted octanol–water partition coefficient (Wildman–Crippen LogP) is 3.93. The van der Waals surface area contributed by atoms with Gasteiger partial charge in [0, 0.05) is 42.3 Å². The molecule has 33 heavy (non-hydrogen) atoms. The smallest absolute Gasteiger partial charge is 0.287 e. The standard InChI is InChI=1S/C21H15N5O7/c1-13(27)24-21(33-20(23-24)14-2-6-16(7-3-14)25(28)29)15-4-9-18(10-5-15)32-19-11-8-17(12-22-19)26(30)31/h2-12,21H,1H3/t21-/m1/s1. The monoisotopic (exact) mass is 449 g/mol. The minimum Gasteiger partial charge on any atom is -0.446 e. The Labute approximate surface area is 186 Å². The molecule has 0 bridgehead atoms. The van der Waals surface area contributed by atoms with Gasteiger partial charge in [-0.05, 0) is 36.4 Å². The van der Waals surface area contributed by atoms with Crippen molar-refractivity contribution in [1.82, 2.24) is 9.99 Å². The highest BCUT2D eigenvalue weighted by Crippen LogP contribution is 2.32. The minimum absolute atomic E-state index is 0.0737. The van der Waals surface area contributed by atoms with Crippen LogP contribution in [0.25, 0.3) is 0 Å². The summed E-state index contributed by atoms with van der Waals surface area (Å²) >= 11 is 0. The van der Waals surface area contributed by atoms with E-state index in [9.17, 15) is 25.0 Å². The Balaban J connectivity index is 1.50. The van der Waals surface area contributed by atoms with Gasteiger partial charge in [0.05, 0.1) is 9.85 Å². The van der Waals surface area contributed by atoms with Gasteiger partial charge in [0.15, 0.2) is 0 Å². The van der Waals surface area contributed by atoms with Crippen LogP contribution in [0.1, 0.15) is 24.3 Å². The van der Waals surface area contributed by atoms with Crippen LogP contribution in [-0.4, -0.2) is 31.6 Å². The van der Waals surface area contributed by atoms with Gasteiger partial charge in [-0.25, -0.2) is 4.98 Å². The number of nitrogens with zero attached hydrogens (tertiary/aromatic N) is 5. The highest BCUT2D eigenvalue weighted by molar-refractivity contribution is 5.96. The first-order valence-corrected chi connectivity index (χ1v) is 9.50. The van der Waals surface area contributed by atoms with Gasteiger partial charge in [-0.2, -0.15) is 5.01 Å².